The van der Waals surface area contributed by atoms with Crippen LogP contribution in [0.2, 0.25) is 0 Å². The van der Waals surface area contributed by atoms with E-state index in [2.05, 4.69) is 16.4 Å². The minimum atomic E-state index is 0. The second-order valence-electron chi connectivity index (χ2n) is 6.74. The number of halogens is 1. The summed E-state index contributed by atoms with van der Waals surface area (Å²) < 4.78 is 0. The van der Waals surface area contributed by atoms with Crippen LogP contribution >= 0.6 is 12.4 Å². The zero-order chi connectivity index (χ0) is 15.6. The largest absolute Gasteiger partial charge is 0.359 e. The number of carbonyl (C=O) groups is 1. The van der Waals surface area contributed by atoms with Gasteiger partial charge in [-0.1, -0.05) is 19.3 Å². The molecule has 5 heteroatoms. The fourth-order valence-corrected chi connectivity index (χ4v) is 3.66. The van der Waals surface area contributed by atoms with Crippen LogP contribution in [0.5, 0.6) is 0 Å². The lowest BCUT2D eigenvalue weighted by Crippen LogP contribution is -2.36. The van der Waals surface area contributed by atoms with Crippen molar-refractivity contribution in [2.75, 3.05) is 11.9 Å². The second kappa shape index (κ2) is 7.37. The number of nitrogens with one attached hydrogen (secondary N) is 2. The topological polar surface area (TPSA) is 70.9 Å². The normalized spacial score (nSPS) is 16.8. The highest BCUT2D eigenvalue weighted by molar-refractivity contribution is 5.94. The molecule has 1 aliphatic rings. The van der Waals surface area contributed by atoms with Crippen LogP contribution in [0.3, 0.4) is 0 Å². The molecule has 0 radical (unpaired) electrons. The summed E-state index contributed by atoms with van der Waals surface area (Å²) in [6.07, 6.45) is 6.35. The van der Waals surface area contributed by atoms with E-state index in [1.54, 1.807) is 0 Å². The lowest BCUT2D eigenvalue weighted by atomic mass is 9.71. The monoisotopic (exact) mass is 335 g/mol. The van der Waals surface area contributed by atoms with Crippen molar-refractivity contribution in [2.24, 2.45) is 11.1 Å². The molecule has 1 fully saturated rings. The lowest BCUT2D eigenvalue weighted by molar-refractivity contribution is -0.118. The molecular formula is C18H26ClN3O. The van der Waals surface area contributed by atoms with Gasteiger partial charge in [-0.15, -0.1) is 12.4 Å². The number of anilines is 1. The van der Waals surface area contributed by atoms with Gasteiger partial charge in [-0.25, -0.2) is 0 Å². The third-order valence-corrected chi connectivity index (χ3v) is 4.92. The average molecular weight is 336 g/mol. The third-order valence-electron chi connectivity index (χ3n) is 4.92. The maximum Gasteiger partial charge on any atom is 0.224 e. The Labute approximate surface area is 143 Å². The van der Waals surface area contributed by atoms with E-state index < -0.39 is 0 Å². The number of aromatic nitrogens is 1. The van der Waals surface area contributed by atoms with E-state index in [-0.39, 0.29) is 23.7 Å². The first kappa shape index (κ1) is 17.8. The Morgan fingerprint density at radius 1 is 1.26 bits per heavy atom. The van der Waals surface area contributed by atoms with Crippen LogP contribution in [0.1, 0.15) is 44.2 Å². The van der Waals surface area contributed by atoms with Crippen LogP contribution < -0.4 is 11.1 Å². The van der Waals surface area contributed by atoms with Gasteiger partial charge in [0.25, 0.3) is 0 Å². The summed E-state index contributed by atoms with van der Waals surface area (Å²) in [6, 6.07) is 8.07. The van der Waals surface area contributed by atoms with Crippen LogP contribution in [0.25, 0.3) is 10.9 Å². The molecule has 0 saturated heterocycles. The second-order valence-corrected chi connectivity index (χ2v) is 6.74. The Morgan fingerprint density at radius 2 is 2.00 bits per heavy atom. The van der Waals surface area contributed by atoms with Gasteiger partial charge < -0.3 is 16.0 Å². The van der Waals surface area contributed by atoms with Gasteiger partial charge >= 0.3 is 0 Å². The Hall–Kier alpha value is -1.52. The number of amides is 1. The molecule has 23 heavy (non-hydrogen) atoms. The maximum absolute atomic E-state index is 12.4. The molecule has 0 spiro atoms. The van der Waals surface area contributed by atoms with E-state index in [1.807, 2.05) is 25.1 Å². The van der Waals surface area contributed by atoms with Crippen LogP contribution in [-0.4, -0.2) is 17.4 Å². The molecular weight excluding hydrogens is 310 g/mol. The van der Waals surface area contributed by atoms with E-state index in [4.69, 9.17) is 5.73 Å². The molecule has 1 saturated carbocycles. The predicted octanol–water partition coefficient (Wildman–Crippen LogP) is 4.14. The molecule has 0 bridgehead atoms. The number of hydrogen-bond acceptors (Lipinski definition) is 2. The number of rotatable bonds is 4. The van der Waals surface area contributed by atoms with Crippen LogP contribution in [-0.2, 0) is 4.79 Å². The number of nitrogens with two attached hydrogens (primary N) is 1. The SMILES string of the molecule is Cc1cc2cc(NC(=O)CC3(CN)CCCCC3)ccc2[nH]1.Cl. The molecule has 126 valence electrons. The number of aryl methyl sites for hydroxylation is 1. The molecule has 1 heterocycles. The summed E-state index contributed by atoms with van der Waals surface area (Å²) in [7, 11) is 0. The van der Waals surface area contributed by atoms with Crippen LogP contribution in [0.15, 0.2) is 24.3 Å². The number of fused-ring (bicyclic) bond motifs is 1. The quantitative estimate of drug-likeness (QED) is 0.786. The first-order valence-electron chi connectivity index (χ1n) is 8.20. The first-order chi connectivity index (χ1) is 10.6. The summed E-state index contributed by atoms with van der Waals surface area (Å²) in [6.45, 7) is 2.64. The molecule has 0 atom stereocenters. The van der Waals surface area contributed by atoms with Crippen molar-refractivity contribution in [3.8, 4) is 0 Å². The fourth-order valence-electron chi connectivity index (χ4n) is 3.66. The van der Waals surface area contributed by atoms with E-state index in [9.17, 15) is 4.79 Å². The zero-order valence-corrected chi connectivity index (χ0v) is 14.5. The highest BCUT2D eigenvalue weighted by atomic mass is 35.5. The molecule has 1 aromatic heterocycles. The van der Waals surface area contributed by atoms with Gasteiger partial charge in [0.1, 0.15) is 0 Å². The van der Waals surface area contributed by atoms with Crippen molar-refractivity contribution >= 4 is 34.9 Å². The zero-order valence-electron chi connectivity index (χ0n) is 13.7. The van der Waals surface area contributed by atoms with Crippen LogP contribution in [0.4, 0.5) is 5.69 Å². The van der Waals surface area contributed by atoms with E-state index in [1.165, 1.54) is 19.3 Å². The number of benzene rings is 1. The van der Waals surface area contributed by atoms with Gasteiger partial charge in [0.2, 0.25) is 5.91 Å². The molecule has 3 rings (SSSR count). The third kappa shape index (κ3) is 4.06. The first-order valence-corrected chi connectivity index (χ1v) is 8.20. The Kier molecular flexibility index (Phi) is 5.71. The highest BCUT2D eigenvalue weighted by Crippen LogP contribution is 2.38. The van der Waals surface area contributed by atoms with Crippen molar-refractivity contribution in [3.63, 3.8) is 0 Å². The van der Waals surface area contributed by atoms with Gasteiger partial charge in [0, 0.05) is 28.7 Å². The minimum Gasteiger partial charge on any atom is -0.359 e. The smallest absolute Gasteiger partial charge is 0.224 e. The minimum absolute atomic E-state index is 0. The van der Waals surface area contributed by atoms with Crippen molar-refractivity contribution in [1.82, 2.24) is 4.98 Å². The average Bonchev–Trinajstić information content (AvgIpc) is 2.87. The molecule has 0 aliphatic heterocycles. The molecule has 0 unspecified atom stereocenters. The predicted molar refractivity (Wildman–Crippen MR) is 98.1 cm³/mol. The fraction of sp³-hybridized carbons (Fsp3) is 0.500. The number of hydrogen-bond donors (Lipinski definition) is 3. The van der Waals surface area contributed by atoms with Crippen molar-refractivity contribution in [1.29, 1.82) is 0 Å². The molecule has 1 aliphatic carbocycles. The summed E-state index contributed by atoms with van der Waals surface area (Å²) >= 11 is 0. The molecule has 1 aromatic carbocycles. The van der Waals surface area contributed by atoms with Crippen molar-refractivity contribution in [3.05, 3.63) is 30.0 Å². The Morgan fingerprint density at radius 3 is 2.70 bits per heavy atom. The molecule has 4 nitrogen and oxygen atoms in total. The standard InChI is InChI=1S/C18H25N3O.ClH/c1-13-9-14-10-15(5-6-16(14)20-13)21-17(22)11-18(12-19)7-3-2-4-8-18;/h5-6,9-10,20H,2-4,7-8,11-12,19H2,1H3,(H,21,22);1H. The molecule has 4 N–H and O–H groups in total. The maximum atomic E-state index is 12.4. The molecule has 2 aromatic rings. The summed E-state index contributed by atoms with van der Waals surface area (Å²) in [5.74, 6) is 0.0824. The van der Waals surface area contributed by atoms with Crippen molar-refractivity contribution < 1.29 is 4.79 Å². The summed E-state index contributed by atoms with van der Waals surface area (Å²) in [4.78, 5) is 15.7. The van der Waals surface area contributed by atoms with Gasteiger partial charge in [0.15, 0.2) is 0 Å². The van der Waals surface area contributed by atoms with E-state index in [0.29, 0.717) is 13.0 Å². The van der Waals surface area contributed by atoms with Crippen LogP contribution in [0, 0.1) is 12.3 Å². The van der Waals surface area contributed by atoms with Gasteiger partial charge in [-0.2, -0.15) is 0 Å². The molecule has 1 amide bonds. The van der Waals surface area contributed by atoms with Gasteiger partial charge in [0.05, 0.1) is 0 Å². The number of aromatic amines is 1. The lowest BCUT2D eigenvalue weighted by Gasteiger charge is -2.35. The summed E-state index contributed by atoms with van der Waals surface area (Å²) in [5.41, 5.74) is 9.07. The highest BCUT2D eigenvalue weighted by Gasteiger charge is 2.32. The summed E-state index contributed by atoms with van der Waals surface area (Å²) in [5, 5.41) is 4.17. The van der Waals surface area contributed by atoms with Gasteiger partial charge in [-0.05, 0) is 56.0 Å². The van der Waals surface area contributed by atoms with E-state index >= 15 is 0 Å². The van der Waals surface area contributed by atoms with Crippen molar-refractivity contribution in [2.45, 2.75) is 45.4 Å². The van der Waals surface area contributed by atoms with E-state index in [0.717, 1.165) is 35.1 Å². The Bertz CT molecular complexity index is 674. The number of carbonyl (C=O) groups excluding carboxylic acids is 1. The Balaban J connectivity index is 0.00000192. The van der Waals surface area contributed by atoms with Gasteiger partial charge in [-0.3, -0.25) is 4.79 Å². The number of H-pyrrole nitrogens is 1.